The van der Waals surface area contributed by atoms with Crippen LogP contribution in [0.15, 0.2) is 18.5 Å². The lowest BCUT2D eigenvalue weighted by atomic mass is 10.3. The van der Waals surface area contributed by atoms with Crippen LogP contribution in [-0.2, 0) is 11.3 Å². The second-order valence-electron chi connectivity index (χ2n) is 4.23. The summed E-state index contributed by atoms with van der Waals surface area (Å²) < 4.78 is 1.77. The van der Waals surface area contributed by atoms with Crippen LogP contribution in [0.3, 0.4) is 0 Å². The molecule has 98 valence electrons. The van der Waals surface area contributed by atoms with Crippen molar-refractivity contribution in [3.8, 4) is 0 Å². The molecule has 7 heteroatoms. The van der Waals surface area contributed by atoms with E-state index in [0.29, 0.717) is 13.1 Å². The normalized spacial score (nSPS) is 16.9. The Hall–Kier alpha value is -1.50. The van der Waals surface area contributed by atoms with Gasteiger partial charge in [-0.2, -0.15) is 5.10 Å². The van der Waals surface area contributed by atoms with Gasteiger partial charge in [-0.3, -0.25) is 14.3 Å². The Morgan fingerprint density at radius 2 is 2.50 bits per heavy atom. The second-order valence-corrected chi connectivity index (χ2v) is 5.28. The fraction of sp³-hybridized carbons (Fsp3) is 0.545. The van der Waals surface area contributed by atoms with Crippen LogP contribution in [0.5, 0.6) is 0 Å². The maximum atomic E-state index is 11.7. The van der Waals surface area contributed by atoms with Gasteiger partial charge in [0.2, 0.25) is 5.91 Å². The third kappa shape index (κ3) is 3.49. The van der Waals surface area contributed by atoms with Gasteiger partial charge in [0.1, 0.15) is 6.54 Å². The first-order valence-corrected chi connectivity index (χ1v) is 6.82. The van der Waals surface area contributed by atoms with Crippen LogP contribution in [0, 0.1) is 0 Å². The van der Waals surface area contributed by atoms with Crippen LogP contribution < -0.4 is 5.32 Å². The van der Waals surface area contributed by atoms with Gasteiger partial charge in [-0.05, 0) is 13.0 Å². The third-order valence-electron chi connectivity index (χ3n) is 2.61. The molecule has 1 N–H and O–H groups in total. The van der Waals surface area contributed by atoms with E-state index < -0.39 is 0 Å². The quantitative estimate of drug-likeness (QED) is 0.847. The van der Waals surface area contributed by atoms with Crippen LogP contribution in [-0.4, -0.2) is 50.7 Å². The zero-order chi connectivity index (χ0) is 13.0. The Bertz CT molecular complexity index is 421. The van der Waals surface area contributed by atoms with Gasteiger partial charge in [-0.1, -0.05) is 11.8 Å². The topological polar surface area (TPSA) is 67.2 Å². The lowest BCUT2D eigenvalue weighted by Crippen LogP contribution is -2.42. The maximum Gasteiger partial charge on any atom is 0.282 e. The Kier molecular flexibility index (Phi) is 4.24. The van der Waals surface area contributed by atoms with Crippen molar-refractivity contribution in [1.82, 2.24) is 20.0 Å². The predicted octanol–water partition coefficient (Wildman–Crippen LogP) is 0.557. The number of carbonyl (C=O) groups excluding carboxylic acids is 2. The van der Waals surface area contributed by atoms with Crippen LogP contribution in [0.1, 0.15) is 6.92 Å². The largest absolute Gasteiger partial charge is 0.350 e. The van der Waals surface area contributed by atoms with Crippen molar-refractivity contribution < 1.29 is 9.59 Å². The van der Waals surface area contributed by atoms with E-state index in [1.165, 1.54) is 11.8 Å². The molecule has 2 rings (SSSR count). The van der Waals surface area contributed by atoms with Crippen molar-refractivity contribution in [2.45, 2.75) is 19.5 Å². The van der Waals surface area contributed by atoms with Gasteiger partial charge in [0.05, 0.1) is 6.54 Å². The predicted molar refractivity (Wildman–Crippen MR) is 69.3 cm³/mol. The summed E-state index contributed by atoms with van der Waals surface area (Å²) in [7, 11) is 0. The fourth-order valence-electron chi connectivity index (χ4n) is 1.80. The molecule has 0 aliphatic carbocycles. The average Bonchev–Trinajstić information content (AvgIpc) is 2.91. The lowest BCUT2D eigenvalue weighted by Gasteiger charge is -2.17. The monoisotopic (exact) mass is 268 g/mol. The van der Waals surface area contributed by atoms with E-state index in [-0.39, 0.29) is 23.7 Å². The van der Waals surface area contributed by atoms with Crippen LogP contribution in [0.25, 0.3) is 0 Å². The SMILES string of the molecule is C[C@@H](Cn1cccn1)NC(=O)CN1CCSC1=O. The summed E-state index contributed by atoms with van der Waals surface area (Å²) in [4.78, 5) is 24.7. The molecule has 2 heterocycles. The van der Waals surface area contributed by atoms with E-state index in [1.807, 2.05) is 19.2 Å². The second kappa shape index (κ2) is 5.90. The highest BCUT2D eigenvalue weighted by Gasteiger charge is 2.23. The van der Waals surface area contributed by atoms with Gasteiger partial charge in [-0.25, -0.2) is 0 Å². The van der Waals surface area contributed by atoms with Gasteiger partial charge in [0, 0.05) is 30.7 Å². The van der Waals surface area contributed by atoms with E-state index in [1.54, 1.807) is 15.8 Å². The Balaban J connectivity index is 1.75. The van der Waals surface area contributed by atoms with Crippen LogP contribution in [0.2, 0.25) is 0 Å². The summed E-state index contributed by atoms with van der Waals surface area (Å²) in [5.74, 6) is 0.653. The number of nitrogens with one attached hydrogen (secondary N) is 1. The highest BCUT2D eigenvalue weighted by molar-refractivity contribution is 8.13. The van der Waals surface area contributed by atoms with Gasteiger partial charge in [-0.15, -0.1) is 0 Å². The molecule has 0 bridgehead atoms. The van der Waals surface area contributed by atoms with Crippen molar-refractivity contribution >= 4 is 22.9 Å². The number of amides is 2. The first kappa shape index (κ1) is 12.9. The molecular weight excluding hydrogens is 252 g/mol. The molecule has 6 nitrogen and oxygen atoms in total. The summed E-state index contributed by atoms with van der Waals surface area (Å²) >= 11 is 1.26. The van der Waals surface area contributed by atoms with Crippen molar-refractivity contribution in [3.63, 3.8) is 0 Å². The molecule has 0 aromatic carbocycles. The zero-order valence-electron chi connectivity index (χ0n) is 10.2. The molecule has 1 aliphatic rings. The summed E-state index contributed by atoms with van der Waals surface area (Å²) in [6.45, 7) is 3.35. The van der Waals surface area contributed by atoms with Crippen LogP contribution in [0.4, 0.5) is 4.79 Å². The summed E-state index contributed by atoms with van der Waals surface area (Å²) in [5.41, 5.74) is 0. The average molecular weight is 268 g/mol. The van der Waals surface area contributed by atoms with E-state index in [4.69, 9.17) is 0 Å². The minimum atomic E-state index is -0.120. The molecule has 1 atom stereocenters. The Morgan fingerprint density at radius 3 is 3.11 bits per heavy atom. The minimum Gasteiger partial charge on any atom is -0.350 e. The van der Waals surface area contributed by atoms with E-state index in [9.17, 15) is 9.59 Å². The number of carbonyl (C=O) groups is 2. The number of rotatable bonds is 5. The Labute approximate surface area is 110 Å². The standard InChI is InChI=1S/C11H16N4O2S/c1-9(7-15-4-2-3-12-15)13-10(16)8-14-5-6-18-11(14)17/h2-4,9H,5-8H2,1H3,(H,13,16)/t9-/m0/s1. The highest BCUT2D eigenvalue weighted by Crippen LogP contribution is 2.16. The van der Waals surface area contributed by atoms with E-state index >= 15 is 0 Å². The minimum absolute atomic E-state index is 0.00937. The smallest absolute Gasteiger partial charge is 0.282 e. The number of hydrogen-bond donors (Lipinski definition) is 1. The number of hydrogen-bond acceptors (Lipinski definition) is 4. The molecular formula is C11H16N4O2S. The van der Waals surface area contributed by atoms with Crippen LogP contribution >= 0.6 is 11.8 Å². The third-order valence-corrected chi connectivity index (χ3v) is 3.50. The molecule has 1 aromatic heterocycles. The van der Waals surface area contributed by atoms with Gasteiger partial charge in [0.25, 0.3) is 5.24 Å². The molecule has 0 spiro atoms. The van der Waals surface area contributed by atoms with Crippen molar-refractivity contribution in [2.75, 3.05) is 18.8 Å². The fourth-order valence-corrected chi connectivity index (χ4v) is 2.62. The lowest BCUT2D eigenvalue weighted by molar-refractivity contribution is -0.122. The van der Waals surface area contributed by atoms with Gasteiger partial charge >= 0.3 is 0 Å². The van der Waals surface area contributed by atoms with Crippen molar-refractivity contribution in [2.24, 2.45) is 0 Å². The first-order chi connectivity index (χ1) is 8.65. The summed E-state index contributed by atoms with van der Waals surface area (Å²) in [6.07, 6.45) is 3.55. The summed E-state index contributed by atoms with van der Waals surface area (Å²) in [5, 5.41) is 6.93. The summed E-state index contributed by atoms with van der Waals surface area (Å²) in [6, 6.07) is 1.83. The molecule has 0 radical (unpaired) electrons. The van der Waals surface area contributed by atoms with E-state index in [2.05, 4.69) is 10.4 Å². The van der Waals surface area contributed by atoms with E-state index in [0.717, 1.165) is 5.75 Å². The number of thioether (sulfide) groups is 1. The molecule has 0 saturated carbocycles. The highest BCUT2D eigenvalue weighted by atomic mass is 32.2. The first-order valence-electron chi connectivity index (χ1n) is 5.83. The van der Waals surface area contributed by atoms with Gasteiger partial charge in [0.15, 0.2) is 0 Å². The van der Waals surface area contributed by atoms with Crippen molar-refractivity contribution in [1.29, 1.82) is 0 Å². The maximum absolute atomic E-state index is 11.7. The zero-order valence-corrected chi connectivity index (χ0v) is 11.0. The number of nitrogens with zero attached hydrogens (tertiary/aromatic N) is 3. The molecule has 2 amide bonds. The molecule has 1 saturated heterocycles. The Morgan fingerprint density at radius 1 is 1.67 bits per heavy atom. The molecule has 1 aliphatic heterocycles. The number of aromatic nitrogens is 2. The molecule has 0 unspecified atom stereocenters. The molecule has 18 heavy (non-hydrogen) atoms. The van der Waals surface area contributed by atoms with Gasteiger partial charge < -0.3 is 10.2 Å². The molecule has 1 fully saturated rings. The van der Waals surface area contributed by atoms with Crippen molar-refractivity contribution in [3.05, 3.63) is 18.5 Å². The molecule has 1 aromatic rings.